The normalized spacial score (nSPS) is 18.8. The van der Waals surface area contributed by atoms with E-state index in [4.69, 9.17) is 9.72 Å². The number of benzene rings is 1. The molecule has 178 valence electrons. The van der Waals surface area contributed by atoms with Crippen LogP contribution in [0.5, 0.6) is 0 Å². The summed E-state index contributed by atoms with van der Waals surface area (Å²) in [5.41, 5.74) is 4.07. The standard InChI is InChI=1S/C25H25N7O3/c33-23-20-12-28-24(29-17-2-1-15-5-7-26-11-16(15)9-17)30-22(20)31(32(23)18-3-4-18)19-6-8-27-21(10-19)25(34)13-35-14-25/h1-2,6,8-10,12,18,26,34H,3-5,7,11,13-14H2,(H,28,29,30). The van der Waals surface area contributed by atoms with Crippen LogP contribution < -0.4 is 16.2 Å². The fourth-order valence-electron chi connectivity index (χ4n) is 4.89. The van der Waals surface area contributed by atoms with Crippen LogP contribution in [0.4, 0.5) is 11.6 Å². The molecule has 10 heteroatoms. The van der Waals surface area contributed by atoms with Crippen molar-refractivity contribution in [3.05, 3.63) is 69.9 Å². The molecule has 0 radical (unpaired) electrons. The molecule has 1 aromatic carbocycles. The second-order valence-corrected chi connectivity index (χ2v) is 9.58. The summed E-state index contributed by atoms with van der Waals surface area (Å²) in [6.45, 7) is 2.25. The molecule has 35 heavy (non-hydrogen) atoms. The first kappa shape index (κ1) is 20.7. The van der Waals surface area contributed by atoms with E-state index in [1.807, 2.05) is 22.9 Å². The Balaban J connectivity index is 1.33. The Kier molecular flexibility index (Phi) is 4.57. The average Bonchev–Trinajstić information content (AvgIpc) is 3.66. The molecule has 10 nitrogen and oxygen atoms in total. The van der Waals surface area contributed by atoms with E-state index in [1.54, 1.807) is 17.1 Å². The molecule has 5 heterocycles. The third-order valence-electron chi connectivity index (χ3n) is 7.01. The van der Waals surface area contributed by atoms with E-state index >= 15 is 0 Å². The summed E-state index contributed by atoms with van der Waals surface area (Å²) in [5, 5.41) is 17.9. The predicted octanol–water partition coefficient (Wildman–Crippen LogP) is 1.92. The van der Waals surface area contributed by atoms with Crippen molar-refractivity contribution in [2.45, 2.75) is 37.5 Å². The maximum absolute atomic E-state index is 13.3. The van der Waals surface area contributed by atoms with Gasteiger partial charge in [-0.1, -0.05) is 6.07 Å². The van der Waals surface area contributed by atoms with Gasteiger partial charge in [-0.25, -0.2) is 14.3 Å². The Morgan fingerprint density at radius 2 is 2.03 bits per heavy atom. The molecule has 0 atom stereocenters. The van der Waals surface area contributed by atoms with Gasteiger partial charge >= 0.3 is 0 Å². The van der Waals surface area contributed by atoms with Gasteiger partial charge in [-0.2, -0.15) is 4.98 Å². The molecule has 3 N–H and O–H groups in total. The second-order valence-electron chi connectivity index (χ2n) is 9.58. The molecule has 0 bridgehead atoms. The largest absolute Gasteiger partial charge is 0.379 e. The van der Waals surface area contributed by atoms with Crippen molar-refractivity contribution in [1.82, 2.24) is 29.6 Å². The molecule has 1 aliphatic carbocycles. The van der Waals surface area contributed by atoms with Gasteiger partial charge in [0.2, 0.25) is 5.95 Å². The number of aliphatic hydroxyl groups is 1. The number of ether oxygens (including phenoxy) is 1. The highest BCUT2D eigenvalue weighted by molar-refractivity contribution is 5.77. The zero-order valence-electron chi connectivity index (χ0n) is 19.1. The predicted molar refractivity (Wildman–Crippen MR) is 129 cm³/mol. The van der Waals surface area contributed by atoms with Gasteiger partial charge in [0.05, 0.1) is 30.6 Å². The summed E-state index contributed by atoms with van der Waals surface area (Å²) < 4.78 is 8.80. The molecule has 2 aliphatic heterocycles. The maximum atomic E-state index is 13.3. The van der Waals surface area contributed by atoms with E-state index in [1.165, 1.54) is 11.1 Å². The molecule has 7 rings (SSSR count). The Labute approximate surface area is 200 Å². The highest BCUT2D eigenvalue weighted by atomic mass is 16.5. The van der Waals surface area contributed by atoms with E-state index in [0.29, 0.717) is 22.7 Å². The molecule has 1 saturated heterocycles. The molecular weight excluding hydrogens is 446 g/mol. The molecule has 2 fully saturated rings. The van der Waals surface area contributed by atoms with Crippen LogP contribution >= 0.6 is 0 Å². The van der Waals surface area contributed by atoms with Crippen molar-refractivity contribution in [3.63, 3.8) is 0 Å². The van der Waals surface area contributed by atoms with E-state index in [0.717, 1.165) is 43.7 Å². The number of hydrogen-bond donors (Lipinski definition) is 3. The monoisotopic (exact) mass is 471 g/mol. The molecule has 3 aromatic heterocycles. The van der Waals surface area contributed by atoms with Gasteiger partial charge < -0.3 is 20.5 Å². The number of fused-ring (bicyclic) bond motifs is 2. The van der Waals surface area contributed by atoms with Crippen molar-refractivity contribution in [2.24, 2.45) is 0 Å². The summed E-state index contributed by atoms with van der Waals surface area (Å²) in [4.78, 5) is 26.9. The van der Waals surface area contributed by atoms with Crippen molar-refractivity contribution in [2.75, 3.05) is 25.1 Å². The highest BCUT2D eigenvalue weighted by Gasteiger charge is 2.40. The van der Waals surface area contributed by atoms with Gasteiger partial charge in [-0.3, -0.25) is 9.78 Å². The van der Waals surface area contributed by atoms with Gasteiger partial charge in [-0.15, -0.1) is 0 Å². The van der Waals surface area contributed by atoms with Gasteiger partial charge in [0.25, 0.3) is 5.56 Å². The van der Waals surface area contributed by atoms with Crippen molar-refractivity contribution >= 4 is 22.7 Å². The van der Waals surface area contributed by atoms with Crippen molar-refractivity contribution < 1.29 is 9.84 Å². The lowest BCUT2D eigenvalue weighted by molar-refractivity contribution is -0.186. The average molecular weight is 472 g/mol. The molecular formula is C25H25N7O3. The lowest BCUT2D eigenvalue weighted by Gasteiger charge is -2.35. The summed E-state index contributed by atoms with van der Waals surface area (Å²) in [5.74, 6) is 0.420. The topological polar surface area (TPSA) is 119 Å². The third-order valence-corrected chi connectivity index (χ3v) is 7.01. The Hall–Kier alpha value is -3.60. The SMILES string of the molecule is O=c1c2cnc(Nc3ccc4c(c3)CNCC4)nc2n(-c2ccnc(C3(O)COC3)c2)n1C1CC1. The highest BCUT2D eigenvalue weighted by Crippen LogP contribution is 2.36. The second kappa shape index (κ2) is 7.70. The molecule has 3 aliphatic rings. The lowest BCUT2D eigenvalue weighted by Crippen LogP contribution is -2.47. The number of anilines is 2. The van der Waals surface area contributed by atoms with Crippen LogP contribution in [0.25, 0.3) is 16.7 Å². The summed E-state index contributed by atoms with van der Waals surface area (Å²) in [7, 11) is 0. The molecule has 0 amide bonds. The Bertz CT molecular complexity index is 1520. The minimum absolute atomic E-state index is 0.113. The van der Waals surface area contributed by atoms with Gasteiger partial charge in [0.1, 0.15) is 5.39 Å². The minimum atomic E-state index is -1.10. The van der Waals surface area contributed by atoms with Crippen LogP contribution in [0.2, 0.25) is 0 Å². The maximum Gasteiger partial charge on any atom is 0.278 e. The number of nitrogens with one attached hydrogen (secondary N) is 2. The first-order valence-electron chi connectivity index (χ1n) is 12.0. The fraction of sp³-hybridized carbons (Fsp3) is 0.360. The zero-order valence-corrected chi connectivity index (χ0v) is 19.1. The summed E-state index contributed by atoms with van der Waals surface area (Å²) in [6.07, 6.45) is 6.14. The number of hydrogen-bond acceptors (Lipinski definition) is 8. The number of nitrogens with zero attached hydrogens (tertiary/aromatic N) is 5. The molecule has 1 saturated carbocycles. The van der Waals surface area contributed by atoms with E-state index < -0.39 is 5.60 Å². The van der Waals surface area contributed by atoms with Crippen LogP contribution in [-0.4, -0.2) is 49.2 Å². The number of pyridine rings is 1. The van der Waals surface area contributed by atoms with Crippen LogP contribution in [0, 0.1) is 0 Å². The van der Waals surface area contributed by atoms with Crippen molar-refractivity contribution in [3.8, 4) is 5.69 Å². The molecule has 0 spiro atoms. The van der Waals surface area contributed by atoms with Crippen LogP contribution in [0.3, 0.4) is 0 Å². The lowest BCUT2D eigenvalue weighted by atomic mass is 9.97. The molecule has 0 unspecified atom stereocenters. The Morgan fingerprint density at radius 3 is 2.83 bits per heavy atom. The fourth-order valence-corrected chi connectivity index (χ4v) is 4.89. The zero-order chi connectivity index (χ0) is 23.6. The van der Waals surface area contributed by atoms with Crippen LogP contribution in [0.1, 0.15) is 35.7 Å². The smallest absolute Gasteiger partial charge is 0.278 e. The number of aromatic nitrogens is 5. The van der Waals surface area contributed by atoms with E-state index in [9.17, 15) is 9.90 Å². The van der Waals surface area contributed by atoms with Gasteiger partial charge in [0.15, 0.2) is 11.2 Å². The van der Waals surface area contributed by atoms with Crippen LogP contribution in [0.15, 0.2) is 47.5 Å². The summed E-state index contributed by atoms with van der Waals surface area (Å²) in [6, 6.07) is 10.1. The van der Waals surface area contributed by atoms with Crippen LogP contribution in [-0.2, 0) is 23.3 Å². The minimum Gasteiger partial charge on any atom is -0.379 e. The first-order chi connectivity index (χ1) is 17.1. The Morgan fingerprint density at radius 1 is 1.14 bits per heavy atom. The number of rotatable bonds is 5. The molecule has 4 aromatic rings. The van der Waals surface area contributed by atoms with E-state index in [2.05, 4.69) is 32.7 Å². The van der Waals surface area contributed by atoms with Gasteiger partial charge in [-0.05, 0) is 61.2 Å². The first-order valence-corrected chi connectivity index (χ1v) is 12.0. The van der Waals surface area contributed by atoms with Gasteiger partial charge in [0, 0.05) is 24.6 Å². The van der Waals surface area contributed by atoms with Crippen molar-refractivity contribution in [1.29, 1.82) is 0 Å². The van der Waals surface area contributed by atoms with E-state index in [-0.39, 0.29) is 24.8 Å². The quantitative estimate of drug-likeness (QED) is 0.404. The third kappa shape index (κ3) is 3.44. The summed E-state index contributed by atoms with van der Waals surface area (Å²) >= 11 is 0.